The first kappa shape index (κ1) is 13.5. The van der Waals surface area contributed by atoms with E-state index in [-0.39, 0.29) is 11.6 Å². The van der Waals surface area contributed by atoms with E-state index in [4.69, 9.17) is 10.5 Å². The van der Waals surface area contributed by atoms with Crippen LogP contribution in [-0.4, -0.2) is 11.3 Å². The Morgan fingerprint density at radius 3 is 2.79 bits per heavy atom. The summed E-state index contributed by atoms with van der Waals surface area (Å²) in [5.74, 6) is 0.432. The summed E-state index contributed by atoms with van der Waals surface area (Å²) in [6.07, 6.45) is 0. The number of rotatable bonds is 4. The number of ether oxygens (including phenoxy) is 1. The molecule has 0 aliphatic heterocycles. The van der Waals surface area contributed by atoms with E-state index in [0.29, 0.717) is 21.9 Å². The van der Waals surface area contributed by atoms with Crippen LogP contribution in [-0.2, 0) is 16.6 Å². The van der Waals surface area contributed by atoms with Crippen LogP contribution in [0.15, 0.2) is 47.4 Å². The molecule has 0 fully saturated rings. The van der Waals surface area contributed by atoms with Gasteiger partial charge in [0, 0.05) is 10.6 Å². The van der Waals surface area contributed by atoms with Crippen molar-refractivity contribution in [2.45, 2.75) is 10.6 Å². The molecule has 0 spiro atoms. The van der Waals surface area contributed by atoms with Gasteiger partial charge in [-0.05, 0) is 42.0 Å². The number of nitrogen functional groups attached to an aromatic ring is 1. The van der Waals surface area contributed by atoms with Gasteiger partial charge in [0.15, 0.2) is 0 Å². The molecule has 3 nitrogen and oxygen atoms in total. The molecule has 100 valence electrons. The molecule has 1 unspecified atom stereocenters. The first-order valence-corrected chi connectivity index (χ1v) is 6.98. The SMILES string of the molecule is COc1cccc(S(=O)Cc2cc(F)ccc2N)c1. The van der Waals surface area contributed by atoms with Gasteiger partial charge in [-0.15, -0.1) is 0 Å². The van der Waals surface area contributed by atoms with Crippen LogP contribution >= 0.6 is 0 Å². The number of benzene rings is 2. The van der Waals surface area contributed by atoms with Crippen molar-refractivity contribution in [2.24, 2.45) is 0 Å². The summed E-state index contributed by atoms with van der Waals surface area (Å²) < 4.78 is 30.4. The molecule has 0 amide bonds. The van der Waals surface area contributed by atoms with Gasteiger partial charge in [-0.3, -0.25) is 4.21 Å². The zero-order valence-electron chi connectivity index (χ0n) is 10.4. The summed E-state index contributed by atoms with van der Waals surface area (Å²) in [6, 6.07) is 11.1. The highest BCUT2D eigenvalue weighted by Gasteiger charge is 2.09. The number of methoxy groups -OCH3 is 1. The van der Waals surface area contributed by atoms with Crippen LogP contribution < -0.4 is 10.5 Å². The standard InChI is InChI=1S/C14H14FNO2S/c1-18-12-3-2-4-13(8-12)19(17)9-10-7-11(15)5-6-14(10)16/h2-8H,9,16H2,1H3. The molecule has 2 aromatic carbocycles. The Morgan fingerprint density at radius 1 is 1.26 bits per heavy atom. The van der Waals surface area contributed by atoms with E-state index in [0.717, 1.165) is 0 Å². The monoisotopic (exact) mass is 279 g/mol. The first-order valence-electron chi connectivity index (χ1n) is 5.66. The van der Waals surface area contributed by atoms with Crippen molar-refractivity contribution >= 4 is 16.5 Å². The molecule has 2 N–H and O–H groups in total. The molecule has 0 aliphatic rings. The predicted molar refractivity (Wildman–Crippen MR) is 73.9 cm³/mol. The number of hydrogen-bond acceptors (Lipinski definition) is 3. The highest BCUT2D eigenvalue weighted by molar-refractivity contribution is 7.84. The van der Waals surface area contributed by atoms with Crippen molar-refractivity contribution in [1.82, 2.24) is 0 Å². The Hall–Kier alpha value is -1.88. The fourth-order valence-corrected chi connectivity index (χ4v) is 2.84. The van der Waals surface area contributed by atoms with Gasteiger partial charge >= 0.3 is 0 Å². The third-order valence-electron chi connectivity index (χ3n) is 2.70. The van der Waals surface area contributed by atoms with Gasteiger partial charge in [-0.2, -0.15) is 0 Å². The van der Waals surface area contributed by atoms with Crippen LogP contribution in [0.3, 0.4) is 0 Å². The minimum Gasteiger partial charge on any atom is -0.497 e. The molecule has 1 atom stereocenters. The second kappa shape index (κ2) is 5.84. The highest BCUT2D eigenvalue weighted by atomic mass is 32.2. The number of hydrogen-bond donors (Lipinski definition) is 1. The highest BCUT2D eigenvalue weighted by Crippen LogP contribution is 2.21. The lowest BCUT2D eigenvalue weighted by Gasteiger charge is -2.07. The molecule has 0 saturated carbocycles. The van der Waals surface area contributed by atoms with Gasteiger partial charge in [0.05, 0.1) is 23.7 Å². The number of nitrogens with two attached hydrogens (primary N) is 1. The fourth-order valence-electron chi connectivity index (χ4n) is 1.67. The molecular formula is C14H14FNO2S. The summed E-state index contributed by atoms with van der Waals surface area (Å²) in [5, 5.41) is 0. The van der Waals surface area contributed by atoms with E-state index >= 15 is 0 Å². The molecule has 0 heterocycles. The third kappa shape index (κ3) is 3.32. The Kier molecular flexibility index (Phi) is 4.16. The predicted octanol–water partition coefficient (Wildman–Crippen LogP) is 2.72. The van der Waals surface area contributed by atoms with E-state index in [1.54, 1.807) is 31.4 Å². The maximum absolute atomic E-state index is 13.1. The molecule has 5 heteroatoms. The van der Waals surface area contributed by atoms with Gasteiger partial charge in [-0.1, -0.05) is 6.07 Å². The molecule has 19 heavy (non-hydrogen) atoms. The van der Waals surface area contributed by atoms with Crippen molar-refractivity contribution in [3.8, 4) is 5.75 Å². The van der Waals surface area contributed by atoms with Gasteiger partial charge < -0.3 is 10.5 Å². The Bertz CT molecular complexity index is 616. The van der Waals surface area contributed by atoms with E-state index in [9.17, 15) is 8.60 Å². The summed E-state index contributed by atoms with van der Waals surface area (Å²) in [6.45, 7) is 0. The van der Waals surface area contributed by atoms with Gasteiger partial charge in [0.2, 0.25) is 0 Å². The minimum atomic E-state index is -1.29. The summed E-state index contributed by atoms with van der Waals surface area (Å²) in [7, 11) is 0.257. The summed E-state index contributed by atoms with van der Waals surface area (Å²) >= 11 is 0. The second-order valence-corrected chi connectivity index (χ2v) is 5.46. The normalized spacial score (nSPS) is 12.1. The molecule has 0 aromatic heterocycles. The number of anilines is 1. The van der Waals surface area contributed by atoms with Crippen molar-refractivity contribution in [2.75, 3.05) is 12.8 Å². The van der Waals surface area contributed by atoms with E-state index in [2.05, 4.69) is 0 Å². The topological polar surface area (TPSA) is 52.3 Å². The number of halogens is 1. The first-order chi connectivity index (χ1) is 9.10. The third-order valence-corrected chi connectivity index (χ3v) is 4.05. The molecule has 0 aliphatic carbocycles. The summed E-state index contributed by atoms with van der Waals surface area (Å²) in [5.41, 5.74) is 6.73. The fraction of sp³-hybridized carbons (Fsp3) is 0.143. The molecule has 0 bridgehead atoms. The maximum Gasteiger partial charge on any atom is 0.123 e. The maximum atomic E-state index is 13.1. The quantitative estimate of drug-likeness (QED) is 0.875. The lowest BCUT2D eigenvalue weighted by atomic mass is 10.2. The zero-order valence-corrected chi connectivity index (χ0v) is 11.2. The average molecular weight is 279 g/mol. The van der Waals surface area contributed by atoms with Crippen molar-refractivity contribution in [1.29, 1.82) is 0 Å². The van der Waals surface area contributed by atoms with Crippen molar-refractivity contribution < 1.29 is 13.3 Å². The zero-order chi connectivity index (χ0) is 13.8. The van der Waals surface area contributed by atoms with Crippen LogP contribution in [0.5, 0.6) is 5.75 Å². The summed E-state index contributed by atoms with van der Waals surface area (Å²) in [4.78, 5) is 0.628. The molecule has 0 radical (unpaired) electrons. The molecule has 0 saturated heterocycles. The van der Waals surface area contributed by atoms with Gasteiger partial charge in [0.1, 0.15) is 11.6 Å². The molecule has 2 aromatic rings. The Labute approximate surface area is 113 Å². The van der Waals surface area contributed by atoms with E-state index < -0.39 is 10.8 Å². The minimum absolute atomic E-state index is 0.177. The Morgan fingerprint density at radius 2 is 2.05 bits per heavy atom. The van der Waals surface area contributed by atoms with E-state index in [1.807, 2.05) is 0 Å². The van der Waals surface area contributed by atoms with Crippen molar-refractivity contribution in [3.63, 3.8) is 0 Å². The smallest absolute Gasteiger partial charge is 0.123 e. The van der Waals surface area contributed by atoms with Crippen LogP contribution in [0.1, 0.15) is 5.56 Å². The average Bonchev–Trinajstić information content (AvgIpc) is 2.43. The lowest BCUT2D eigenvalue weighted by molar-refractivity contribution is 0.413. The van der Waals surface area contributed by atoms with Crippen LogP contribution in [0.25, 0.3) is 0 Å². The van der Waals surface area contributed by atoms with Crippen molar-refractivity contribution in [3.05, 3.63) is 53.8 Å². The molecule has 2 rings (SSSR count). The largest absolute Gasteiger partial charge is 0.497 e. The van der Waals surface area contributed by atoms with Crippen LogP contribution in [0.2, 0.25) is 0 Å². The second-order valence-electron chi connectivity index (χ2n) is 4.01. The van der Waals surface area contributed by atoms with Crippen LogP contribution in [0, 0.1) is 5.82 Å². The van der Waals surface area contributed by atoms with E-state index in [1.165, 1.54) is 18.2 Å². The van der Waals surface area contributed by atoms with Crippen LogP contribution in [0.4, 0.5) is 10.1 Å². The van der Waals surface area contributed by atoms with Gasteiger partial charge in [0.25, 0.3) is 0 Å². The van der Waals surface area contributed by atoms with Gasteiger partial charge in [-0.25, -0.2) is 4.39 Å². The Balaban J connectivity index is 2.22. The molecular weight excluding hydrogens is 265 g/mol. The lowest BCUT2D eigenvalue weighted by Crippen LogP contribution is -2.01.